The molecule has 0 atom stereocenters. The Bertz CT molecular complexity index is 1360. The zero-order valence-corrected chi connectivity index (χ0v) is 21.4. The predicted octanol–water partition coefficient (Wildman–Crippen LogP) is 3.46. The lowest BCUT2D eigenvalue weighted by Crippen LogP contribution is -2.23. The Balaban J connectivity index is 1.74. The Labute approximate surface area is 205 Å². The first-order chi connectivity index (χ1) is 16.4. The van der Waals surface area contributed by atoms with E-state index in [1.165, 1.54) is 39.4 Å². The van der Waals surface area contributed by atoms with Gasteiger partial charge >= 0.3 is 5.97 Å². The van der Waals surface area contributed by atoms with Crippen molar-refractivity contribution in [3.63, 3.8) is 0 Å². The Morgan fingerprint density at radius 3 is 2.26 bits per heavy atom. The van der Waals surface area contributed by atoms with Crippen LogP contribution in [0.2, 0.25) is 0 Å². The van der Waals surface area contributed by atoms with Gasteiger partial charge in [-0.25, -0.2) is 17.5 Å². The molecule has 1 heterocycles. The number of amides is 1. The van der Waals surface area contributed by atoms with Crippen LogP contribution in [0.4, 0.5) is 5.69 Å². The number of aryl methyl sites for hydroxylation is 2. The summed E-state index contributed by atoms with van der Waals surface area (Å²) >= 11 is 0. The number of nitrogens with zero attached hydrogens (tertiary/aromatic N) is 2. The van der Waals surface area contributed by atoms with E-state index in [1.807, 2.05) is 49.6 Å². The van der Waals surface area contributed by atoms with Gasteiger partial charge in [-0.3, -0.25) is 4.79 Å². The molecule has 1 amide bonds. The van der Waals surface area contributed by atoms with E-state index in [4.69, 9.17) is 9.47 Å². The fraction of sp³-hybridized carbons (Fsp3) is 0.280. The summed E-state index contributed by atoms with van der Waals surface area (Å²) in [6.07, 6.45) is 0. The van der Waals surface area contributed by atoms with Gasteiger partial charge < -0.3 is 19.4 Å². The maximum absolute atomic E-state index is 12.7. The summed E-state index contributed by atoms with van der Waals surface area (Å²) in [5.74, 6) is -1.00. The first-order valence-electron chi connectivity index (χ1n) is 10.8. The molecule has 186 valence electrons. The Hall–Kier alpha value is -3.63. The number of methoxy groups -OCH3 is 1. The molecule has 3 rings (SSSR count). The van der Waals surface area contributed by atoms with Gasteiger partial charge in [-0.1, -0.05) is 17.7 Å². The van der Waals surface area contributed by atoms with Crippen LogP contribution >= 0.6 is 0 Å². The van der Waals surface area contributed by atoms with Crippen LogP contribution in [0.15, 0.2) is 53.4 Å². The van der Waals surface area contributed by atoms with E-state index < -0.39 is 28.5 Å². The largest absolute Gasteiger partial charge is 0.495 e. The molecular weight excluding hydrogens is 470 g/mol. The summed E-state index contributed by atoms with van der Waals surface area (Å²) in [6, 6.07) is 13.8. The molecule has 0 saturated carbocycles. The highest BCUT2D eigenvalue weighted by atomic mass is 32.2. The molecule has 0 fully saturated rings. The molecule has 0 radical (unpaired) electrons. The van der Waals surface area contributed by atoms with Gasteiger partial charge in [0.25, 0.3) is 5.91 Å². The molecule has 2 aromatic carbocycles. The minimum Gasteiger partial charge on any atom is -0.495 e. The number of esters is 1. The van der Waals surface area contributed by atoms with Crippen molar-refractivity contribution in [1.82, 2.24) is 8.87 Å². The molecule has 0 bridgehead atoms. The number of sulfonamides is 1. The lowest BCUT2D eigenvalue weighted by molar-refractivity contribution is -0.119. The molecule has 0 aliphatic rings. The molecule has 0 aliphatic heterocycles. The number of hydrogen-bond acceptors (Lipinski definition) is 6. The number of hydrogen-bond donors (Lipinski definition) is 1. The predicted molar refractivity (Wildman–Crippen MR) is 133 cm³/mol. The normalized spacial score (nSPS) is 11.4. The monoisotopic (exact) mass is 499 g/mol. The zero-order valence-electron chi connectivity index (χ0n) is 20.6. The molecule has 3 aromatic rings. The lowest BCUT2D eigenvalue weighted by atomic mass is 10.2. The van der Waals surface area contributed by atoms with Crippen LogP contribution in [0, 0.1) is 20.8 Å². The van der Waals surface area contributed by atoms with Crippen molar-refractivity contribution >= 4 is 27.6 Å². The number of nitrogens with one attached hydrogen (secondary N) is 1. The number of benzene rings is 2. The molecule has 9 nitrogen and oxygen atoms in total. The minimum absolute atomic E-state index is 0.0147. The fourth-order valence-electron chi connectivity index (χ4n) is 3.61. The van der Waals surface area contributed by atoms with Crippen molar-refractivity contribution < 1.29 is 27.5 Å². The van der Waals surface area contributed by atoms with Crippen molar-refractivity contribution in [2.45, 2.75) is 25.7 Å². The number of aromatic nitrogens is 1. The smallest absolute Gasteiger partial charge is 0.340 e. The van der Waals surface area contributed by atoms with Crippen LogP contribution in [0.3, 0.4) is 0 Å². The summed E-state index contributed by atoms with van der Waals surface area (Å²) in [5.41, 5.74) is 4.10. The van der Waals surface area contributed by atoms with Crippen molar-refractivity contribution in [2.24, 2.45) is 0 Å². The molecule has 1 N–H and O–H groups in total. The average Bonchev–Trinajstić information content (AvgIpc) is 3.11. The van der Waals surface area contributed by atoms with E-state index in [2.05, 4.69) is 5.32 Å². The highest BCUT2D eigenvalue weighted by Crippen LogP contribution is 2.28. The van der Waals surface area contributed by atoms with E-state index in [0.29, 0.717) is 11.3 Å². The Kier molecular flexibility index (Phi) is 7.67. The SMILES string of the molecule is COc1ccc(S(=O)(=O)N(C)C)cc1NC(=O)COC(=O)c1cc(C)n(-c2ccc(C)cc2)c1C. The van der Waals surface area contributed by atoms with Gasteiger partial charge in [0, 0.05) is 31.2 Å². The van der Waals surface area contributed by atoms with Gasteiger partial charge in [0.2, 0.25) is 10.0 Å². The van der Waals surface area contributed by atoms with Gasteiger partial charge in [0.05, 0.1) is 23.3 Å². The van der Waals surface area contributed by atoms with E-state index in [-0.39, 0.29) is 16.3 Å². The van der Waals surface area contributed by atoms with Gasteiger partial charge in [0.15, 0.2) is 6.61 Å². The third kappa shape index (κ3) is 5.55. The third-order valence-corrected chi connectivity index (χ3v) is 7.31. The summed E-state index contributed by atoms with van der Waals surface area (Å²) in [7, 11) is 0.502. The molecule has 10 heteroatoms. The number of ether oxygens (including phenoxy) is 2. The standard InChI is InChI=1S/C25H29N3O6S/c1-16-7-9-19(10-8-16)28-17(2)13-21(18(28)3)25(30)34-15-24(29)26-22-14-20(11-12-23(22)33-6)35(31,32)27(4)5/h7-14H,15H2,1-6H3,(H,26,29). The molecule has 35 heavy (non-hydrogen) atoms. The minimum atomic E-state index is -3.72. The van der Waals surface area contributed by atoms with Gasteiger partial charge in [-0.15, -0.1) is 0 Å². The number of anilines is 1. The molecule has 1 aromatic heterocycles. The van der Waals surface area contributed by atoms with Crippen LogP contribution < -0.4 is 10.1 Å². The quantitative estimate of drug-likeness (QED) is 0.476. The van der Waals surface area contributed by atoms with Crippen molar-refractivity contribution in [2.75, 3.05) is 33.1 Å². The second-order valence-electron chi connectivity index (χ2n) is 8.23. The first kappa shape index (κ1) is 26.0. The third-order valence-electron chi connectivity index (χ3n) is 5.50. The lowest BCUT2D eigenvalue weighted by Gasteiger charge is -2.15. The van der Waals surface area contributed by atoms with Crippen LogP contribution in [0.25, 0.3) is 5.69 Å². The second-order valence-corrected chi connectivity index (χ2v) is 10.4. The molecular formula is C25H29N3O6S. The maximum Gasteiger partial charge on any atom is 0.340 e. The molecule has 0 aliphatic carbocycles. The maximum atomic E-state index is 12.7. The van der Waals surface area contributed by atoms with Gasteiger partial charge in [-0.2, -0.15) is 0 Å². The van der Waals surface area contributed by atoms with Gasteiger partial charge in [-0.05, 0) is 57.2 Å². The van der Waals surface area contributed by atoms with E-state index in [9.17, 15) is 18.0 Å². The van der Waals surface area contributed by atoms with Crippen LogP contribution in [0.5, 0.6) is 5.75 Å². The molecule has 0 saturated heterocycles. The van der Waals surface area contributed by atoms with Crippen molar-refractivity contribution in [3.05, 3.63) is 71.0 Å². The Morgan fingerprint density at radius 1 is 1.00 bits per heavy atom. The van der Waals surface area contributed by atoms with Crippen LogP contribution in [0.1, 0.15) is 27.3 Å². The van der Waals surface area contributed by atoms with Crippen molar-refractivity contribution in [3.8, 4) is 11.4 Å². The first-order valence-corrected chi connectivity index (χ1v) is 12.2. The fourth-order valence-corrected chi connectivity index (χ4v) is 4.54. The summed E-state index contributed by atoms with van der Waals surface area (Å²) < 4.78 is 38.3. The Morgan fingerprint density at radius 2 is 1.66 bits per heavy atom. The van der Waals surface area contributed by atoms with Gasteiger partial charge in [0.1, 0.15) is 5.75 Å². The van der Waals surface area contributed by atoms with E-state index in [1.54, 1.807) is 6.07 Å². The summed E-state index contributed by atoms with van der Waals surface area (Å²) in [5, 5.41) is 2.55. The molecule has 0 spiro atoms. The molecule has 0 unspecified atom stereocenters. The van der Waals surface area contributed by atoms with Crippen LogP contribution in [-0.4, -0.2) is 57.0 Å². The number of rotatable bonds is 8. The highest BCUT2D eigenvalue weighted by Gasteiger charge is 2.21. The average molecular weight is 500 g/mol. The highest BCUT2D eigenvalue weighted by molar-refractivity contribution is 7.89. The second kappa shape index (κ2) is 10.3. The topological polar surface area (TPSA) is 107 Å². The summed E-state index contributed by atoms with van der Waals surface area (Å²) in [4.78, 5) is 25.2. The van der Waals surface area contributed by atoms with Crippen LogP contribution in [-0.2, 0) is 19.6 Å². The van der Waals surface area contributed by atoms with E-state index in [0.717, 1.165) is 21.2 Å². The van der Waals surface area contributed by atoms with Crippen molar-refractivity contribution in [1.29, 1.82) is 0 Å². The zero-order chi connectivity index (χ0) is 25.9. The number of carbonyl (C=O) groups excluding carboxylic acids is 2. The summed E-state index contributed by atoms with van der Waals surface area (Å²) in [6.45, 7) is 5.14. The van der Waals surface area contributed by atoms with E-state index >= 15 is 0 Å². The number of carbonyl (C=O) groups is 2.